The molecule has 1 saturated carbocycles. The maximum Gasteiger partial charge on any atom is 0.255 e. The van der Waals surface area contributed by atoms with Crippen LogP contribution in [0.25, 0.3) is 0 Å². The number of nitrogens with one attached hydrogen (secondary N) is 3. The molecule has 3 N–H and O–H groups in total. The molecule has 1 aliphatic rings. The van der Waals surface area contributed by atoms with Crippen molar-refractivity contribution in [1.82, 2.24) is 10.0 Å². The monoisotopic (exact) mass is 459 g/mol. The molecule has 1 fully saturated rings. The normalized spacial score (nSPS) is 14.4. The van der Waals surface area contributed by atoms with E-state index >= 15 is 0 Å². The number of hydrogen-bond donors (Lipinski definition) is 3. The first-order valence-electron chi connectivity index (χ1n) is 10.6. The molecule has 2 aromatic rings. The molecule has 2 amide bonds. The lowest BCUT2D eigenvalue weighted by molar-refractivity contribution is 0.0944. The summed E-state index contributed by atoms with van der Waals surface area (Å²) < 4.78 is 33.9. The molecule has 0 bridgehead atoms. The molecular weight excluding hydrogens is 430 g/mol. The van der Waals surface area contributed by atoms with E-state index in [1.807, 2.05) is 13.8 Å². The Labute approximate surface area is 188 Å². The van der Waals surface area contributed by atoms with Crippen molar-refractivity contribution in [2.24, 2.45) is 0 Å². The molecule has 32 heavy (non-hydrogen) atoms. The predicted octanol–water partition coefficient (Wildman–Crippen LogP) is 3.31. The molecule has 0 atom stereocenters. The first-order chi connectivity index (χ1) is 15.2. The lowest BCUT2D eigenvalue weighted by atomic mass is 10.1. The fourth-order valence-electron chi connectivity index (χ4n) is 3.68. The average Bonchev–Trinajstić information content (AvgIpc) is 3.25. The Bertz CT molecular complexity index is 1090. The second kappa shape index (κ2) is 10.1. The highest BCUT2D eigenvalue weighted by Gasteiger charge is 2.27. The highest BCUT2D eigenvalue weighted by atomic mass is 32.2. The maximum atomic E-state index is 13.0. The van der Waals surface area contributed by atoms with Crippen molar-refractivity contribution < 1.29 is 22.7 Å². The van der Waals surface area contributed by atoms with Crippen molar-refractivity contribution in [3.63, 3.8) is 0 Å². The van der Waals surface area contributed by atoms with Crippen LogP contribution in [0.3, 0.4) is 0 Å². The van der Waals surface area contributed by atoms with Crippen molar-refractivity contribution in [1.29, 1.82) is 0 Å². The summed E-state index contributed by atoms with van der Waals surface area (Å²) in [5.74, 6) is -0.687. The van der Waals surface area contributed by atoms with Crippen LogP contribution >= 0.6 is 0 Å². The number of carbonyl (C=O) groups is 2. The van der Waals surface area contributed by atoms with E-state index in [2.05, 4.69) is 15.4 Å². The summed E-state index contributed by atoms with van der Waals surface area (Å²) in [5.41, 5.74) is 0.787. The number of carbonyl (C=O) groups excluding carboxylic acids is 2. The van der Waals surface area contributed by atoms with E-state index in [0.29, 0.717) is 11.3 Å². The van der Waals surface area contributed by atoms with Crippen molar-refractivity contribution in [3.05, 3.63) is 53.6 Å². The maximum absolute atomic E-state index is 13.0. The number of para-hydroxylation sites is 1. The van der Waals surface area contributed by atoms with Gasteiger partial charge in [0, 0.05) is 17.6 Å². The molecule has 0 radical (unpaired) electrons. The molecule has 2 aromatic carbocycles. The molecule has 3 rings (SSSR count). The SMILES string of the molecule is COc1ccc(C(=O)Nc2ccccc2C(=O)NC(C)C)cc1S(=O)(=O)NC1CCCC1. The second-order valence-corrected chi connectivity index (χ2v) is 9.78. The number of sulfonamides is 1. The van der Waals surface area contributed by atoms with Crippen LogP contribution in [0.1, 0.15) is 60.2 Å². The zero-order valence-corrected chi connectivity index (χ0v) is 19.3. The van der Waals surface area contributed by atoms with Crippen LogP contribution in [0.4, 0.5) is 5.69 Å². The Morgan fingerprint density at radius 2 is 1.72 bits per heavy atom. The fourth-order valence-corrected chi connectivity index (χ4v) is 5.18. The van der Waals surface area contributed by atoms with E-state index in [9.17, 15) is 18.0 Å². The first-order valence-corrected chi connectivity index (χ1v) is 12.1. The van der Waals surface area contributed by atoms with Crippen molar-refractivity contribution in [3.8, 4) is 5.75 Å². The van der Waals surface area contributed by atoms with Crippen molar-refractivity contribution in [2.75, 3.05) is 12.4 Å². The van der Waals surface area contributed by atoms with Gasteiger partial charge in [-0.2, -0.15) is 0 Å². The standard InChI is InChI=1S/C23H29N3O5S/c1-15(2)24-23(28)18-10-6-7-11-19(18)25-22(27)16-12-13-20(31-3)21(14-16)32(29,30)26-17-8-4-5-9-17/h6-7,10-15,17,26H,4-5,8-9H2,1-3H3,(H,24,28)(H,25,27). The Balaban J connectivity index is 1.87. The third-order valence-electron chi connectivity index (χ3n) is 5.23. The van der Waals surface area contributed by atoms with Gasteiger partial charge in [0.2, 0.25) is 10.0 Å². The Morgan fingerprint density at radius 1 is 1.03 bits per heavy atom. The van der Waals surface area contributed by atoms with Crippen LogP contribution in [-0.4, -0.2) is 39.4 Å². The number of amides is 2. The van der Waals surface area contributed by atoms with E-state index in [-0.39, 0.29) is 34.2 Å². The number of anilines is 1. The summed E-state index contributed by atoms with van der Waals surface area (Å²) in [5, 5.41) is 5.51. The Kier molecular flexibility index (Phi) is 7.52. The van der Waals surface area contributed by atoms with Crippen LogP contribution in [0.15, 0.2) is 47.4 Å². The third-order valence-corrected chi connectivity index (χ3v) is 6.77. The summed E-state index contributed by atoms with van der Waals surface area (Å²) in [4.78, 5) is 25.3. The van der Waals surface area contributed by atoms with Crippen molar-refractivity contribution in [2.45, 2.75) is 56.5 Å². The molecule has 9 heteroatoms. The number of benzene rings is 2. The average molecular weight is 460 g/mol. The third kappa shape index (κ3) is 5.66. The number of hydrogen-bond acceptors (Lipinski definition) is 5. The van der Waals surface area contributed by atoms with Gasteiger partial charge < -0.3 is 15.4 Å². The zero-order valence-electron chi connectivity index (χ0n) is 18.5. The zero-order chi connectivity index (χ0) is 23.3. The van der Waals surface area contributed by atoms with E-state index in [1.54, 1.807) is 24.3 Å². The number of ether oxygens (including phenoxy) is 1. The van der Waals surface area contributed by atoms with Gasteiger partial charge in [-0.25, -0.2) is 13.1 Å². The van der Waals surface area contributed by atoms with Gasteiger partial charge in [0.25, 0.3) is 11.8 Å². The smallest absolute Gasteiger partial charge is 0.255 e. The van der Waals surface area contributed by atoms with Gasteiger partial charge in [-0.1, -0.05) is 25.0 Å². The van der Waals surface area contributed by atoms with Gasteiger partial charge in [0.15, 0.2) is 0 Å². The van der Waals surface area contributed by atoms with Gasteiger partial charge in [-0.15, -0.1) is 0 Å². The van der Waals surface area contributed by atoms with Crippen LogP contribution in [0.2, 0.25) is 0 Å². The molecular formula is C23H29N3O5S. The van der Waals surface area contributed by atoms with Gasteiger partial charge in [-0.05, 0) is 57.0 Å². The molecule has 0 unspecified atom stereocenters. The predicted molar refractivity (Wildman–Crippen MR) is 123 cm³/mol. The lowest BCUT2D eigenvalue weighted by Gasteiger charge is -2.16. The molecule has 1 aliphatic carbocycles. The molecule has 0 spiro atoms. The molecule has 0 aliphatic heterocycles. The van der Waals surface area contributed by atoms with Crippen LogP contribution in [0.5, 0.6) is 5.75 Å². The summed E-state index contributed by atoms with van der Waals surface area (Å²) in [6.07, 6.45) is 3.54. The Morgan fingerprint density at radius 3 is 2.38 bits per heavy atom. The highest BCUT2D eigenvalue weighted by molar-refractivity contribution is 7.89. The highest BCUT2D eigenvalue weighted by Crippen LogP contribution is 2.28. The summed E-state index contributed by atoms with van der Waals surface area (Å²) >= 11 is 0. The van der Waals surface area contributed by atoms with E-state index < -0.39 is 15.9 Å². The van der Waals surface area contributed by atoms with Crippen LogP contribution < -0.4 is 20.1 Å². The van der Waals surface area contributed by atoms with E-state index in [4.69, 9.17) is 4.74 Å². The topological polar surface area (TPSA) is 114 Å². The summed E-state index contributed by atoms with van der Waals surface area (Å²) in [7, 11) is -2.49. The van der Waals surface area contributed by atoms with Crippen LogP contribution in [-0.2, 0) is 10.0 Å². The molecule has 172 valence electrons. The minimum atomic E-state index is -3.87. The van der Waals surface area contributed by atoms with Gasteiger partial charge in [0.05, 0.1) is 18.4 Å². The molecule has 8 nitrogen and oxygen atoms in total. The minimum absolute atomic E-state index is 0.0621. The summed E-state index contributed by atoms with van der Waals surface area (Å²) in [6.45, 7) is 3.69. The summed E-state index contributed by atoms with van der Waals surface area (Å²) in [6, 6.07) is 10.7. The number of methoxy groups -OCH3 is 1. The van der Waals surface area contributed by atoms with E-state index in [1.165, 1.54) is 25.3 Å². The number of rotatable bonds is 8. The lowest BCUT2D eigenvalue weighted by Crippen LogP contribution is -2.33. The quantitative estimate of drug-likeness (QED) is 0.560. The molecule has 0 aromatic heterocycles. The largest absolute Gasteiger partial charge is 0.495 e. The Hall–Kier alpha value is -2.91. The van der Waals surface area contributed by atoms with Gasteiger partial charge in [0.1, 0.15) is 10.6 Å². The second-order valence-electron chi connectivity index (χ2n) is 8.10. The van der Waals surface area contributed by atoms with E-state index in [0.717, 1.165) is 25.7 Å². The molecule has 0 heterocycles. The van der Waals surface area contributed by atoms with Crippen molar-refractivity contribution >= 4 is 27.5 Å². The van der Waals surface area contributed by atoms with Gasteiger partial charge in [-0.3, -0.25) is 9.59 Å². The van der Waals surface area contributed by atoms with Gasteiger partial charge >= 0.3 is 0 Å². The minimum Gasteiger partial charge on any atom is -0.495 e. The fraction of sp³-hybridized carbons (Fsp3) is 0.391. The van der Waals surface area contributed by atoms with Crippen LogP contribution in [0, 0.1) is 0 Å². The molecule has 0 saturated heterocycles. The first kappa shape index (κ1) is 23.7.